The maximum atomic E-state index is 14.3. The maximum Gasteiger partial charge on any atom is 0.243 e. The van der Waals surface area contributed by atoms with Crippen LogP contribution >= 0.6 is 0 Å². The van der Waals surface area contributed by atoms with Gasteiger partial charge in [-0.1, -0.05) is 182 Å². The molecule has 0 saturated heterocycles. The standard InChI is InChI=1S/C57H62N8O5/c58-57(59)62-36-15-25-50(56(70)65-51(38-42-18-7-2-8-19-42)54(68)61-37-34-41-16-5-1-6-17-41)64-55(69)49(63-53(67)40-44-28-32-48(33-29-44)46-22-11-4-12-23-46)24-13-14-35-60-52(66)39-43-26-30-47(31-27-43)45-20-9-3-10-21-45/h1-14,16-23,26-33,49-51H,15,24-25,34-40H2,(H,60,66)(H,61,68)(H,63,67)(H,64,69)(H,65,70)(H4,58,59,62)/b14-13-/t49-,50+,51-/m0/s1. The number of nitrogens with two attached hydrogens (primary N) is 2. The number of hydrogen-bond acceptors (Lipinski definition) is 6. The molecule has 0 aliphatic heterocycles. The maximum absolute atomic E-state index is 14.3. The van der Waals surface area contributed by atoms with Crippen LogP contribution in [0.4, 0.5) is 0 Å². The number of benzene rings is 6. The van der Waals surface area contributed by atoms with Crippen molar-refractivity contribution in [2.24, 2.45) is 16.5 Å². The molecule has 70 heavy (non-hydrogen) atoms. The number of amides is 5. The molecular formula is C57H62N8O5. The summed E-state index contributed by atoms with van der Waals surface area (Å²) in [6, 6.07) is 51.2. The van der Waals surface area contributed by atoms with E-state index in [1.54, 1.807) is 12.2 Å². The molecule has 0 aliphatic carbocycles. The van der Waals surface area contributed by atoms with E-state index in [9.17, 15) is 24.0 Å². The van der Waals surface area contributed by atoms with Crippen LogP contribution in [0.15, 0.2) is 187 Å². The molecule has 0 bridgehead atoms. The molecule has 9 N–H and O–H groups in total. The summed E-state index contributed by atoms with van der Waals surface area (Å²) in [5.41, 5.74) is 18.8. The van der Waals surface area contributed by atoms with Crippen molar-refractivity contribution in [3.05, 3.63) is 204 Å². The first-order chi connectivity index (χ1) is 34.1. The molecular weight excluding hydrogens is 877 g/mol. The van der Waals surface area contributed by atoms with Crippen molar-refractivity contribution in [2.45, 2.75) is 63.1 Å². The Bertz CT molecular complexity index is 2640. The lowest BCUT2D eigenvalue weighted by atomic mass is 10.0. The summed E-state index contributed by atoms with van der Waals surface area (Å²) >= 11 is 0. The van der Waals surface area contributed by atoms with Crippen molar-refractivity contribution in [1.29, 1.82) is 0 Å². The van der Waals surface area contributed by atoms with Crippen molar-refractivity contribution in [3.8, 4) is 22.3 Å². The number of rotatable bonds is 25. The lowest BCUT2D eigenvalue weighted by Crippen LogP contribution is -2.57. The number of aliphatic imine (C=N–C) groups is 1. The van der Waals surface area contributed by atoms with E-state index in [1.165, 1.54) is 0 Å². The zero-order valence-corrected chi connectivity index (χ0v) is 39.3. The van der Waals surface area contributed by atoms with E-state index in [1.807, 2.05) is 170 Å². The summed E-state index contributed by atoms with van der Waals surface area (Å²) in [5.74, 6) is -2.28. The minimum atomic E-state index is -1.13. The summed E-state index contributed by atoms with van der Waals surface area (Å²) < 4.78 is 0. The molecule has 13 heteroatoms. The molecule has 0 radical (unpaired) electrons. The Hall–Kier alpha value is -8.32. The Balaban J connectivity index is 1.14. The van der Waals surface area contributed by atoms with Gasteiger partial charge in [-0.25, -0.2) is 0 Å². The topological polar surface area (TPSA) is 210 Å². The van der Waals surface area contributed by atoms with E-state index in [0.29, 0.717) is 19.4 Å². The van der Waals surface area contributed by atoms with E-state index in [4.69, 9.17) is 11.5 Å². The Labute approximate surface area is 410 Å². The third-order valence-corrected chi connectivity index (χ3v) is 11.5. The van der Waals surface area contributed by atoms with E-state index >= 15 is 0 Å². The number of guanidine groups is 1. The van der Waals surface area contributed by atoms with Gasteiger partial charge in [-0.3, -0.25) is 29.0 Å². The fraction of sp³-hybridized carbons (Fsp3) is 0.228. The second kappa shape index (κ2) is 27.5. The molecule has 6 rings (SSSR count). The largest absolute Gasteiger partial charge is 0.370 e. The Morgan fingerprint density at radius 3 is 1.51 bits per heavy atom. The van der Waals surface area contributed by atoms with Crippen LogP contribution in [0.5, 0.6) is 0 Å². The molecule has 13 nitrogen and oxygen atoms in total. The fourth-order valence-electron chi connectivity index (χ4n) is 7.76. The number of hydrogen-bond donors (Lipinski definition) is 7. The van der Waals surface area contributed by atoms with Crippen molar-refractivity contribution in [3.63, 3.8) is 0 Å². The second-order valence-electron chi connectivity index (χ2n) is 16.9. The molecule has 0 aliphatic rings. The van der Waals surface area contributed by atoms with Gasteiger partial charge in [0.25, 0.3) is 0 Å². The first-order valence-corrected chi connectivity index (χ1v) is 23.6. The van der Waals surface area contributed by atoms with Crippen LogP contribution in [0.3, 0.4) is 0 Å². The highest BCUT2D eigenvalue weighted by Crippen LogP contribution is 2.21. The van der Waals surface area contributed by atoms with Crippen LogP contribution in [-0.2, 0) is 49.7 Å². The smallest absolute Gasteiger partial charge is 0.243 e. The van der Waals surface area contributed by atoms with Crippen molar-refractivity contribution in [1.82, 2.24) is 26.6 Å². The monoisotopic (exact) mass is 938 g/mol. The van der Waals surface area contributed by atoms with E-state index < -0.39 is 35.8 Å². The number of carbonyl (C=O) groups excluding carboxylic acids is 5. The highest BCUT2D eigenvalue weighted by atomic mass is 16.2. The molecule has 0 heterocycles. The van der Waals surface area contributed by atoms with Gasteiger partial charge >= 0.3 is 0 Å². The molecule has 3 atom stereocenters. The molecule has 0 spiro atoms. The van der Waals surface area contributed by atoms with E-state index in [-0.39, 0.29) is 63.0 Å². The van der Waals surface area contributed by atoms with Gasteiger partial charge in [0.15, 0.2) is 5.96 Å². The molecule has 5 amide bonds. The molecule has 6 aromatic carbocycles. The van der Waals surface area contributed by atoms with Gasteiger partial charge in [-0.05, 0) is 70.2 Å². The quantitative estimate of drug-likeness (QED) is 0.0158. The summed E-state index contributed by atoms with van der Waals surface area (Å²) in [5, 5.41) is 14.5. The summed E-state index contributed by atoms with van der Waals surface area (Å²) in [7, 11) is 0. The highest BCUT2D eigenvalue weighted by Gasteiger charge is 2.29. The SMILES string of the molecule is NC(N)=NCCC[C@@H](NC(=O)[C@H](C/C=C\CNC(=O)Cc1ccc(-c2ccccc2)cc1)NC(=O)Cc1ccc(-c2ccccc2)cc1)C(=O)N[C@@H](Cc1ccccc1)C(=O)NCCc1ccccc1. The average Bonchev–Trinajstić information content (AvgIpc) is 3.38. The van der Waals surface area contributed by atoms with Gasteiger partial charge < -0.3 is 38.1 Å². The number of carbonyl (C=O) groups is 5. The molecule has 0 aromatic heterocycles. The van der Waals surface area contributed by atoms with Crippen molar-refractivity contribution < 1.29 is 24.0 Å². The van der Waals surface area contributed by atoms with Crippen LogP contribution < -0.4 is 38.1 Å². The van der Waals surface area contributed by atoms with Gasteiger partial charge in [0.1, 0.15) is 18.1 Å². The van der Waals surface area contributed by atoms with Gasteiger partial charge in [0, 0.05) is 26.1 Å². The zero-order chi connectivity index (χ0) is 49.3. The van der Waals surface area contributed by atoms with Crippen molar-refractivity contribution >= 4 is 35.5 Å². The first kappa shape index (κ1) is 51.1. The van der Waals surface area contributed by atoms with Crippen LogP contribution in [-0.4, -0.2) is 73.3 Å². The fourth-order valence-corrected chi connectivity index (χ4v) is 7.76. The first-order valence-electron chi connectivity index (χ1n) is 23.6. The number of nitrogens with zero attached hydrogens (tertiary/aromatic N) is 1. The highest BCUT2D eigenvalue weighted by molar-refractivity contribution is 5.94. The zero-order valence-electron chi connectivity index (χ0n) is 39.3. The van der Waals surface area contributed by atoms with Gasteiger partial charge in [0.05, 0.1) is 12.8 Å². The van der Waals surface area contributed by atoms with Crippen LogP contribution in [0.1, 0.15) is 41.5 Å². The van der Waals surface area contributed by atoms with Gasteiger partial charge in [-0.15, -0.1) is 0 Å². The molecule has 360 valence electrons. The summed E-state index contributed by atoms with van der Waals surface area (Å²) in [4.78, 5) is 72.9. The summed E-state index contributed by atoms with van der Waals surface area (Å²) in [6.07, 6.45) is 4.88. The predicted molar refractivity (Wildman–Crippen MR) is 277 cm³/mol. The molecule has 6 aromatic rings. The summed E-state index contributed by atoms with van der Waals surface area (Å²) in [6.45, 7) is 0.719. The van der Waals surface area contributed by atoms with Crippen LogP contribution in [0.2, 0.25) is 0 Å². The lowest BCUT2D eigenvalue weighted by molar-refractivity contribution is -0.133. The van der Waals surface area contributed by atoms with Crippen LogP contribution in [0.25, 0.3) is 22.3 Å². The molecule has 0 fully saturated rings. The predicted octanol–water partition coefficient (Wildman–Crippen LogP) is 5.98. The van der Waals surface area contributed by atoms with E-state index in [2.05, 4.69) is 31.6 Å². The van der Waals surface area contributed by atoms with Gasteiger partial charge in [-0.2, -0.15) is 0 Å². The van der Waals surface area contributed by atoms with Crippen molar-refractivity contribution in [2.75, 3.05) is 19.6 Å². The molecule has 0 saturated carbocycles. The molecule has 0 unspecified atom stereocenters. The number of nitrogens with one attached hydrogen (secondary N) is 5. The lowest BCUT2D eigenvalue weighted by Gasteiger charge is -2.25. The Kier molecular flexibility index (Phi) is 20.1. The Morgan fingerprint density at radius 2 is 0.957 bits per heavy atom. The van der Waals surface area contributed by atoms with E-state index in [0.717, 1.165) is 44.5 Å². The van der Waals surface area contributed by atoms with Crippen LogP contribution in [0, 0.1) is 0 Å². The minimum Gasteiger partial charge on any atom is -0.370 e. The minimum absolute atomic E-state index is 0.00602. The van der Waals surface area contributed by atoms with Gasteiger partial charge in [0.2, 0.25) is 29.5 Å². The Morgan fingerprint density at radius 1 is 0.471 bits per heavy atom. The third kappa shape index (κ3) is 17.4. The normalized spacial score (nSPS) is 12.2. The average molecular weight is 939 g/mol. The third-order valence-electron chi connectivity index (χ3n) is 11.5. The second-order valence-corrected chi connectivity index (χ2v) is 16.9.